The Hall–Kier alpha value is -1.04. The fourth-order valence-electron chi connectivity index (χ4n) is 1.70. The molecular formula is C14H21NO3S. The summed E-state index contributed by atoms with van der Waals surface area (Å²) in [5.74, 6) is 0.792. The number of rotatable bonds is 8. The number of ether oxygens (including phenoxy) is 1. The third-order valence-corrected chi connectivity index (χ3v) is 3.24. The van der Waals surface area contributed by atoms with Crippen LogP contribution in [0, 0.1) is 0 Å². The Bertz CT molecular complexity index is 398. The molecule has 0 aliphatic rings. The van der Waals surface area contributed by atoms with Gasteiger partial charge in [0.05, 0.1) is 12.7 Å². The summed E-state index contributed by atoms with van der Waals surface area (Å²) in [7, 11) is 1.54. The molecule has 19 heavy (non-hydrogen) atoms. The summed E-state index contributed by atoms with van der Waals surface area (Å²) in [4.78, 5) is 11.9. The van der Waals surface area contributed by atoms with Crippen LogP contribution in [0.4, 0.5) is 0 Å². The van der Waals surface area contributed by atoms with Crippen molar-refractivity contribution in [2.45, 2.75) is 18.3 Å². The maximum absolute atomic E-state index is 11.9. The van der Waals surface area contributed by atoms with Crippen LogP contribution >= 0.6 is 11.8 Å². The number of hydrogen-bond acceptors (Lipinski definition) is 4. The average molecular weight is 283 g/mol. The zero-order valence-electron chi connectivity index (χ0n) is 11.4. The molecular weight excluding hydrogens is 262 g/mol. The number of hydrogen-bond donors (Lipinski definition) is 2. The van der Waals surface area contributed by atoms with E-state index in [1.807, 2.05) is 24.5 Å². The van der Waals surface area contributed by atoms with E-state index in [2.05, 4.69) is 5.32 Å². The predicted octanol–water partition coefficient (Wildman–Crippen LogP) is 1.68. The van der Waals surface area contributed by atoms with Gasteiger partial charge in [-0.25, -0.2) is 0 Å². The van der Waals surface area contributed by atoms with E-state index in [4.69, 9.17) is 4.74 Å². The maximum atomic E-state index is 11.9. The normalized spacial score (nSPS) is 12.2. The number of benzene rings is 1. The van der Waals surface area contributed by atoms with E-state index >= 15 is 0 Å². The molecule has 0 radical (unpaired) electrons. The van der Waals surface area contributed by atoms with Gasteiger partial charge in [0.1, 0.15) is 0 Å². The molecule has 4 nitrogen and oxygen atoms in total. The first-order valence-corrected chi connectivity index (χ1v) is 7.59. The van der Waals surface area contributed by atoms with E-state index in [9.17, 15) is 9.90 Å². The highest BCUT2D eigenvalue weighted by Crippen LogP contribution is 2.11. The molecule has 0 aliphatic carbocycles. The molecule has 0 fully saturated rings. The Morgan fingerprint density at radius 2 is 2.32 bits per heavy atom. The number of aliphatic hydroxyl groups excluding tert-OH is 1. The first-order chi connectivity index (χ1) is 9.17. The van der Waals surface area contributed by atoms with Crippen LogP contribution in [-0.2, 0) is 10.5 Å². The molecule has 0 aliphatic heterocycles. The number of thioether (sulfide) groups is 1. The molecule has 0 saturated heterocycles. The van der Waals surface area contributed by atoms with E-state index in [1.54, 1.807) is 24.9 Å². The number of amides is 1. The molecule has 0 spiro atoms. The third-order valence-electron chi connectivity index (χ3n) is 2.62. The Morgan fingerprint density at radius 1 is 1.53 bits per heavy atom. The van der Waals surface area contributed by atoms with Crippen LogP contribution in [0.3, 0.4) is 0 Å². The van der Waals surface area contributed by atoms with Gasteiger partial charge in [-0.3, -0.25) is 4.79 Å². The Morgan fingerprint density at radius 3 is 3.00 bits per heavy atom. The summed E-state index contributed by atoms with van der Waals surface area (Å²) in [6.45, 7) is 0.731. The third kappa shape index (κ3) is 6.09. The van der Waals surface area contributed by atoms with E-state index in [0.29, 0.717) is 25.1 Å². The number of nitrogens with one attached hydrogen (secondary N) is 1. The minimum absolute atomic E-state index is 0.104. The van der Waals surface area contributed by atoms with E-state index in [0.717, 1.165) is 11.3 Å². The maximum Gasteiger partial charge on any atom is 0.251 e. The second kappa shape index (κ2) is 8.96. The Balaban J connectivity index is 2.42. The second-order valence-corrected chi connectivity index (χ2v) is 5.15. The molecule has 0 heterocycles. The highest BCUT2D eigenvalue weighted by atomic mass is 32.2. The smallest absolute Gasteiger partial charge is 0.251 e. The van der Waals surface area contributed by atoms with Crippen molar-refractivity contribution in [1.29, 1.82) is 0 Å². The van der Waals surface area contributed by atoms with Crippen LogP contribution < -0.4 is 5.32 Å². The highest BCUT2D eigenvalue weighted by Gasteiger charge is 2.07. The van der Waals surface area contributed by atoms with Crippen molar-refractivity contribution in [3.63, 3.8) is 0 Å². The quantitative estimate of drug-likeness (QED) is 0.762. The van der Waals surface area contributed by atoms with Gasteiger partial charge in [-0.1, -0.05) is 12.1 Å². The summed E-state index contributed by atoms with van der Waals surface area (Å²) >= 11 is 1.72. The van der Waals surface area contributed by atoms with E-state index in [1.165, 1.54) is 0 Å². The largest absolute Gasteiger partial charge is 0.391 e. The predicted molar refractivity (Wildman–Crippen MR) is 78.5 cm³/mol. The van der Waals surface area contributed by atoms with Gasteiger partial charge in [0.2, 0.25) is 0 Å². The standard InChI is InChI=1S/C14H21NO3S/c1-18-9-13(16)6-7-15-14(17)12-5-3-4-11(8-12)10-19-2/h3-5,8,13,16H,6-7,9-10H2,1-2H3,(H,15,17). The number of carbonyl (C=O) groups excluding carboxylic acids is 1. The van der Waals surface area contributed by atoms with Crippen LogP contribution in [0.5, 0.6) is 0 Å². The van der Waals surface area contributed by atoms with E-state index < -0.39 is 6.10 Å². The average Bonchev–Trinajstić information content (AvgIpc) is 2.39. The Kier molecular flexibility index (Phi) is 7.55. The van der Waals surface area contributed by atoms with Crippen LogP contribution in [0.1, 0.15) is 22.3 Å². The summed E-state index contributed by atoms with van der Waals surface area (Å²) in [5.41, 5.74) is 1.80. The van der Waals surface area contributed by atoms with Gasteiger partial charge in [0.25, 0.3) is 5.91 Å². The molecule has 0 saturated carbocycles. The zero-order valence-corrected chi connectivity index (χ0v) is 12.2. The topological polar surface area (TPSA) is 58.6 Å². The van der Waals surface area contributed by atoms with Crippen LogP contribution in [0.25, 0.3) is 0 Å². The fraction of sp³-hybridized carbons (Fsp3) is 0.500. The fourth-order valence-corrected chi connectivity index (χ4v) is 2.21. The summed E-state index contributed by atoms with van der Waals surface area (Å²) < 4.78 is 4.82. The molecule has 0 aromatic heterocycles. The van der Waals surface area contributed by atoms with Gasteiger partial charge in [-0.05, 0) is 30.4 Å². The summed E-state index contributed by atoms with van der Waals surface area (Å²) in [5, 5.41) is 12.3. The first-order valence-electron chi connectivity index (χ1n) is 6.20. The molecule has 0 bridgehead atoms. The van der Waals surface area contributed by atoms with Crippen LogP contribution in [-0.4, -0.2) is 43.6 Å². The zero-order chi connectivity index (χ0) is 14.1. The Labute approximate surface area is 118 Å². The molecule has 106 valence electrons. The lowest BCUT2D eigenvalue weighted by molar-refractivity contribution is 0.0587. The van der Waals surface area contributed by atoms with Crippen molar-refractivity contribution in [3.05, 3.63) is 35.4 Å². The van der Waals surface area contributed by atoms with E-state index in [-0.39, 0.29) is 5.91 Å². The summed E-state index contributed by atoms with van der Waals surface area (Å²) in [6, 6.07) is 7.60. The van der Waals surface area contributed by atoms with Crippen LogP contribution in [0.2, 0.25) is 0 Å². The summed E-state index contributed by atoms with van der Waals surface area (Å²) in [6.07, 6.45) is 1.99. The van der Waals surface area contributed by atoms with Gasteiger partial charge in [-0.15, -0.1) is 0 Å². The molecule has 1 unspecified atom stereocenters. The van der Waals surface area contributed by atoms with Crippen molar-refractivity contribution in [3.8, 4) is 0 Å². The van der Waals surface area contributed by atoms with Crippen molar-refractivity contribution in [1.82, 2.24) is 5.32 Å². The molecule has 1 aromatic carbocycles. The van der Waals surface area contributed by atoms with Gasteiger partial charge in [-0.2, -0.15) is 11.8 Å². The first kappa shape index (κ1) is 16.0. The molecule has 1 aromatic rings. The van der Waals surface area contributed by atoms with Crippen molar-refractivity contribution >= 4 is 17.7 Å². The number of carbonyl (C=O) groups is 1. The van der Waals surface area contributed by atoms with Crippen LogP contribution in [0.15, 0.2) is 24.3 Å². The monoisotopic (exact) mass is 283 g/mol. The minimum Gasteiger partial charge on any atom is -0.391 e. The molecule has 1 amide bonds. The minimum atomic E-state index is -0.534. The van der Waals surface area contributed by atoms with Crippen molar-refractivity contribution in [2.24, 2.45) is 0 Å². The second-order valence-electron chi connectivity index (χ2n) is 4.29. The molecule has 1 rings (SSSR count). The van der Waals surface area contributed by atoms with Gasteiger partial charge < -0.3 is 15.2 Å². The van der Waals surface area contributed by atoms with Gasteiger partial charge in [0.15, 0.2) is 0 Å². The molecule has 2 N–H and O–H groups in total. The highest BCUT2D eigenvalue weighted by molar-refractivity contribution is 7.97. The lowest BCUT2D eigenvalue weighted by atomic mass is 10.1. The van der Waals surface area contributed by atoms with Crippen molar-refractivity contribution in [2.75, 3.05) is 26.5 Å². The lowest BCUT2D eigenvalue weighted by Gasteiger charge is -2.10. The van der Waals surface area contributed by atoms with Gasteiger partial charge >= 0.3 is 0 Å². The SMILES string of the molecule is COCC(O)CCNC(=O)c1cccc(CSC)c1. The molecule has 1 atom stereocenters. The molecule has 5 heteroatoms. The number of aliphatic hydroxyl groups is 1. The lowest BCUT2D eigenvalue weighted by Crippen LogP contribution is -2.28. The van der Waals surface area contributed by atoms with Crippen molar-refractivity contribution < 1.29 is 14.6 Å². The van der Waals surface area contributed by atoms with Gasteiger partial charge in [0, 0.05) is 25.0 Å². The number of methoxy groups -OCH3 is 1.